The van der Waals surface area contributed by atoms with Gasteiger partial charge in [-0.15, -0.1) is 0 Å². The topological polar surface area (TPSA) is 29.3 Å². The van der Waals surface area contributed by atoms with Gasteiger partial charge in [0.05, 0.1) is 0 Å². The van der Waals surface area contributed by atoms with Crippen molar-refractivity contribution in [2.75, 3.05) is 13.1 Å². The molecule has 1 saturated carbocycles. The summed E-state index contributed by atoms with van der Waals surface area (Å²) in [5.74, 6) is 1.58. The van der Waals surface area contributed by atoms with Crippen LogP contribution in [0.15, 0.2) is 0 Å². The minimum absolute atomic E-state index is 0.293. The van der Waals surface area contributed by atoms with Crippen LogP contribution in [0.5, 0.6) is 0 Å². The van der Waals surface area contributed by atoms with E-state index in [1.54, 1.807) is 0 Å². The molecule has 0 amide bonds. The van der Waals surface area contributed by atoms with E-state index in [4.69, 9.17) is 5.73 Å². The fourth-order valence-electron chi connectivity index (χ4n) is 4.48. The van der Waals surface area contributed by atoms with Gasteiger partial charge in [-0.2, -0.15) is 0 Å². The number of rotatable bonds is 2. The van der Waals surface area contributed by atoms with Gasteiger partial charge in [0.15, 0.2) is 0 Å². The van der Waals surface area contributed by atoms with Gasteiger partial charge in [-0.3, -0.25) is 4.90 Å². The van der Waals surface area contributed by atoms with E-state index in [0.717, 1.165) is 24.4 Å². The molecule has 2 heteroatoms. The second-order valence-electron chi connectivity index (χ2n) is 6.86. The van der Waals surface area contributed by atoms with Gasteiger partial charge in [-0.1, -0.05) is 39.5 Å². The minimum atomic E-state index is 0.293. The lowest BCUT2D eigenvalue weighted by molar-refractivity contribution is -0.0323. The summed E-state index contributed by atoms with van der Waals surface area (Å²) in [6, 6.07) is 0.726. The molecule has 2 nitrogen and oxygen atoms in total. The zero-order valence-corrected chi connectivity index (χ0v) is 12.6. The monoisotopic (exact) mass is 252 g/mol. The average molecular weight is 252 g/mol. The Labute approximate surface area is 113 Å². The van der Waals surface area contributed by atoms with Gasteiger partial charge in [0.1, 0.15) is 0 Å². The van der Waals surface area contributed by atoms with Crippen molar-refractivity contribution in [3.8, 4) is 0 Å². The van der Waals surface area contributed by atoms with Crippen LogP contribution in [0.2, 0.25) is 0 Å². The van der Waals surface area contributed by atoms with Crippen LogP contribution in [0.25, 0.3) is 0 Å². The first kappa shape index (κ1) is 14.3. The largest absolute Gasteiger partial charge is 0.329 e. The van der Waals surface area contributed by atoms with Gasteiger partial charge in [-0.25, -0.2) is 0 Å². The molecule has 0 spiro atoms. The van der Waals surface area contributed by atoms with Crippen LogP contribution in [-0.2, 0) is 0 Å². The van der Waals surface area contributed by atoms with E-state index in [1.807, 2.05) is 0 Å². The smallest absolute Gasteiger partial charge is 0.0362 e. The summed E-state index contributed by atoms with van der Waals surface area (Å²) in [4.78, 5) is 2.81. The summed E-state index contributed by atoms with van der Waals surface area (Å²) in [6.45, 7) is 9.43. The van der Waals surface area contributed by atoms with Crippen LogP contribution < -0.4 is 5.73 Å². The first-order valence-electron chi connectivity index (χ1n) is 8.08. The summed E-state index contributed by atoms with van der Waals surface area (Å²) in [5.41, 5.74) is 6.59. The summed E-state index contributed by atoms with van der Waals surface area (Å²) in [5, 5.41) is 0. The standard InChI is InChI=1S/C16H32N2/c1-13-8-7-10-16(12-17,15(13)3)18-11-6-4-5-9-14(18)2/h13-15H,4-12,17H2,1-3H3. The average Bonchev–Trinajstić information content (AvgIpc) is 2.58. The van der Waals surface area contributed by atoms with Gasteiger partial charge >= 0.3 is 0 Å². The molecule has 2 fully saturated rings. The molecule has 1 heterocycles. The molecule has 18 heavy (non-hydrogen) atoms. The van der Waals surface area contributed by atoms with Crippen LogP contribution in [0.1, 0.15) is 65.7 Å². The molecule has 4 unspecified atom stereocenters. The molecule has 0 aromatic heterocycles. The van der Waals surface area contributed by atoms with Crippen molar-refractivity contribution in [1.82, 2.24) is 4.90 Å². The molecule has 2 aliphatic rings. The van der Waals surface area contributed by atoms with E-state index in [1.165, 1.54) is 51.5 Å². The van der Waals surface area contributed by atoms with E-state index in [0.29, 0.717) is 5.54 Å². The Bertz CT molecular complexity index is 266. The molecule has 2 rings (SSSR count). The van der Waals surface area contributed by atoms with Crippen LogP contribution in [0.4, 0.5) is 0 Å². The van der Waals surface area contributed by atoms with Gasteiger partial charge in [-0.05, 0) is 44.6 Å². The lowest BCUT2D eigenvalue weighted by atomic mass is 9.67. The van der Waals surface area contributed by atoms with Crippen molar-refractivity contribution >= 4 is 0 Å². The highest BCUT2D eigenvalue weighted by Gasteiger charge is 2.46. The Morgan fingerprint density at radius 3 is 2.56 bits per heavy atom. The molecular weight excluding hydrogens is 220 g/mol. The number of hydrogen-bond acceptors (Lipinski definition) is 2. The van der Waals surface area contributed by atoms with Gasteiger partial charge in [0.25, 0.3) is 0 Å². The number of nitrogens with zero attached hydrogens (tertiary/aromatic N) is 1. The maximum atomic E-state index is 6.29. The lowest BCUT2D eigenvalue weighted by Crippen LogP contribution is -2.63. The highest BCUT2D eigenvalue weighted by Crippen LogP contribution is 2.43. The molecule has 0 bridgehead atoms. The molecule has 0 aromatic carbocycles. The zero-order valence-electron chi connectivity index (χ0n) is 12.6. The maximum absolute atomic E-state index is 6.29. The van der Waals surface area contributed by atoms with Crippen molar-refractivity contribution in [1.29, 1.82) is 0 Å². The van der Waals surface area contributed by atoms with Crippen LogP contribution in [-0.4, -0.2) is 29.6 Å². The van der Waals surface area contributed by atoms with Crippen molar-refractivity contribution in [2.45, 2.75) is 77.3 Å². The van der Waals surface area contributed by atoms with Crippen molar-refractivity contribution in [3.05, 3.63) is 0 Å². The van der Waals surface area contributed by atoms with Crippen LogP contribution >= 0.6 is 0 Å². The normalized spacial score (nSPS) is 43.7. The molecule has 106 valence electrons. The van der Waals surface area contributed by atoms with Crippen LogP contribution in [0.3, 0.4) is 0 Å². The third-order valence-corrected chi connectivity index (χ3v) is 5.95. The minimum Gasteiger partial charge on any atom is -0.329 e. The van der Waals surface area contributed by atoms with Crippen molar-refractivity contribution in [2.24, 2.45) is 17.6 Å². The summed E-state index contributed by atoms with van der Waals surface area (Å²) in [6.07, 6.45) is 9.63. The fraction of sp³-hybridized carbons (Fsp3) is 1.00. The lowest BCUT2D eigenvalue weighted by Gasteiger charge is -2.54. The predicted octanol–water partition coefficient (Wildman–Crippen LogP) is 3.40. The van der Waals surface area contributed by atoms with Crippen molar-refractivity contribution in [3.63, 3.8) is 0 Å². The Balaban J connectivity index is 2.23. The fourth-order valence-corrected chi connectivity index (χ4v) is 4.48. The van der Waals surface area contributed by atoms with Gasteiger partial charge < -0.3 is 5.73 Å². The third-order valence-electron chi connectivity index (χ3n) is 5.95. The van der Waals surface area contributed by atoms with Crippen LogP contribution in [0, 0.1) is 11.8 Å². The SMILES string of the molecule is CC1CCCC(CN)(N2CCCCCC2C)C1C. The highest BCUT2D eigenvalue weighted by molar-refractivity contribution is 5.02. The summed E-state index contributed by atoms with van der Waals surface area (Å²) in [7, 11) is 0. The number of nitrogens with two attached hydrogens (primary N) is 1. The predicted molar refractivity (Wildman–Crippen MR) is 78.6 cm³/mol. The highest BCUT2D eigenvalue weighted by atomic mass is 15.2. The molecule has 0 radical (unpaired) electrons. The molecule has 0 aromatic rings. The van der Waals surface area contributed by atoms with E-state index < -0.39 is 0 Å². The molecule has 1 aliphatic heterocycles. The van der Waals surface area contributed by atoms with Gasteiger partial charge in [0, 0.05) is 18.1 Å². The number of hydrogen-bond donors (Lipinski definition) is 1. The van der Waals surface area contributed by atoms with E-state index in [-0.39, 0.29) is 0 Å². The summed E-state index contributed by atoms with van der Waals surface area (Å²) >= 11 is 0. The first-order chi connectivity index (χ1) is 8.62. The summed E-state index contributed by atoms with van der Waals surface area (Å²) < 4.78 is 0. The number of likely N-dealkylation sites (tertiary alicyclic amines) is 1. The zero-order chi connectivity index (χ0) is 13.2. The van der Waals surface area contributed by atoms with E-state index >= 15 is 0 Å². The maximum Gasteiger partial charge on any atom is 0.0362 e. The van der Waals surface area contributed by atoms with E-state index in [2.05, 4.69) is 25.7 Å². The Kier molecular flexibility index (Phi) is 4.71. The Hall–Kier alpha value is -0.0800. The second-order valence-corrected chi connectivity index (χ2v) is 6.86. The third kappa shape index (κ3) is 2.46. The molecule has 1 aliphatic carbocycles. The Morgan fingerprint density at radius 1 is 1.06 bits per heavy atom. The molecular formula is C16H32N2. The molecule has 1 saturated heterocycles. The Morgan fingerprint density at radius 2 is 1.83 bits per heavy atom. The quantitative estimate of drug-likeness (QED) is 0.816. The van der Waals surface area contributed by atoms with Crippen molar-refractivity contribution < 1.29 is 0 Å². The van der Waals surface area contributed by atoms with E-state index in [9.17, 15) is 0 Å². The molecule has 4 atom stereocenters. The second kappa shape index (κ2) is 5.92. The molecule has 2 N–H and O–H groups in total. The first-order valence-corrected chi connectivity index (χ1v) is 8.08. The van der Waals surface area contributed by atoms with Gasteiger partial charge in [0.2, 0.25) is 0 Å².